The second-order valence-electron chi connectivity index (χ2n) is 6.00. The molecule has 3 aromatic carbocycles. The summed E-state index contributed by atoms with van der Waals surface area (Å²) in [7, 11) is 0. The Morgan fingerprint density at radius 2 is 1.20 bits per heavy atom. The molecule has 0 atom stereocenters. The highest BCUT2D eigenvalue weighted by Gasteiger charge is 2.12. The lowest BCUT2D eigenvalue weighted by molar-refractivity contribution is 0.413. The van der Waals surface area contributed by atoms with Gasteiger partial charge in [-0.15, -0.1) is 0 Å². The van der Waals surface area contributed by atoms with Crippen LogP contribution < -0.4 is 9.47 Å². The molecule has 0 aliphatic heterocycles. The van der Waals surface area contributed by atoms with Gasteiger partial charge in [0, 0.05) is 0 Å². The number of hydrogen-bond acceptors (Lipinski definition) is 4. The minimum Gasteiger partial charge on any atom is -0.508 e. The molecule has 4 nitrogen and oxygen atoms in total. The van der Waals surface area contributed by atoms with E-state index in [0.717, 1.165) is 16.7 Å². The maximum atomic E-state index is 9.66. The molecule has 3 rings (SSSR count). The zero-order valence-corrected chi connectivity index (χ0v) is 14.4. The van der Waals surface area contributed by atoms with E-state index < -0.39 is 0 Å². The largest absolute Gasteiger partial charge is 0.508 e. The Hall–Kier alpha value is -3.14. The standard InChI is InChI=1S/C21H20O4/c1-13-5-4-6-20(24-16-7-9-18(22)14(2)11-16)21(13)25-17-8-10-19(23)15(3)12-17/h4-12,22-23H,1-3H3. The predicted octanol–water partition coefficient (Wildman–Crippen LogP) is 5.61. The highest BCUT2D eigenvalue weighted by Crippen LogP contribution is 2.38. The molecule has 0 fully saturated rings. The number of aryl methyl sites for hydroxylation is 3. The molecular weight excluding hydrogens is 316 g/mol. The summed E-state index contributed by atoms with van der Waals surface area (Å²) in [6.07, 6.45) is 0. The molecule has 25 heavy (non-hydrogen) atoms. The number of phenols is 2. The van der Waals surface area contributed by atoms with Crippen LogP contribution in [-0.2, 0) is 0 Å². The predicted molar refractivity (Wildman–Crippen MR) is 97.0 cm³/mol. The van der Waals surface area contributed by atoms with Crippen LogP contribution in [0.3, 0.4) is 0 Å². The van der Waals surface area contributed by atoms with E-state index >= 15 is 0 Å². The van der Waals surface area contributed by atoms with Crippen molar-refractivity contribution in [2.75, 3.05) is 0 Å². The highest BCUT2D eigenvalue weighted by atomic mass is 16.5. The fraction of sp³-hybridized carbons (Fsp3) is 0.143. The highest BCUT2D eigenvalue weighted by molar-refractivity contribution is 5.51. The number of ether oxygens (including phenoxy) is 2. The molecule has 0 aromatic heterocycles. The van der Waals surface area contributed by atoms with Crippen LogP contribution in [0.2, 0.25) is 0 Å². The average Bonchev–Trinajstić information content (AvgIpc) is 2.57. The fourth-order valence-electron chi connectivity index (χ4n) is 2.46. The molecule has 4 heteroatoms. The summed E-state index contributed by atoms with van der Waals surface area (Å²) in [5.74, 6) is 2.89. The SMILES string of the molecule is Cc1cc(Oc2cccc(C)c2Oc2ccc(O)c(C)c2)ccc1O. The fourth-order valence-corrected chi connectivity index (χ4v) is 2.46. The lowest BCUT2D eigenvalue weighted by Gasteiger charge is -2.15. The van der Waals surface area contributed by atoms with Crippen LogP contribution in [-0.4, -0.2) is 10.2 Å². The van der Waals surface area contributed by atoms with Crippen LogP contribution in [0.5, 0.6) is 34.5 Å². The van der Waals surface area contributed by atoms with Gasteiger partial charge >= 0.3 is 0 Å². The summed E-state index contributed by atoms with van der Waals surface area (Å²) in [6.45, 7) is 5.57. The summed E-state index contributed by atoms with van der Waals surface area (Å²) in [6, 6.07) is 15.8. The van der Waals surface area contributed by atoms with Crippen molar-refractivity contribution < 1.29 is 19.7 Å². The van der Waals surface area contributed by atoms with E-state index in [1.54, 1.807) is 36.4 Å². The van der Waals surface area contributed by atoms with Crippen LogP contribution in [0.1, 0.15) is 16.7 Å². The first-order valence-electron chi connectivity index (χ1n) is 7.98. The van der Waals surface area contributed by atoms with Crippen molar-refractivity contribution >= 4 is 0 Å². The number of aromatic hydroxyl groups is 2. The molecule has 128 valence electrons. The van der Waals surface area contributed by atoms with Gasteiger partial charge in [0.25, 0.3) is 0 Å². The van der Waals surface area contributed by atoms with E-state index in [2.05, 4.69) is 0 Å². The molecule has 0 heterocycles. The first kappa shape index (κ1) is 16.7. The Labute approximate surface area is 146 Å². The molecule has 0 unspecified atom stereocenters. The quantitative estimate of drug-likeness (QED) is 0.650. The Morgan fingerprint density at radius 1 is 0.640 bits per heavy atom. The van der Waals surface area contributed by atoms with Gasteiger partial charge in [-0.25, -0.2) is 0 Å². The van der Waals surface area contributed by atoms with Gasteiger partial charge in [-0.05, 0) is 79.9 Å². The number of phenolic OH excluding ortho intramolecular Hbond substituents is 2. The molecule has 0 saturated heterocycles. The minimum absolute atomic E-state index is 0.229. The van der Waals surface area contributed by atoms with Gasteiger partial charge in [-0.1, -0.05) is 12.1 Å². The molecule has 0 amide bonds. The van der Waals surface area contributed by atoms with Crippen molar-refractivity contribution in [3.05, 3.63) is 71.3 Å². The van der Waals surface area contributed by atoms with Crippen molar-refractivity contribution in [2.24, 2.45) is 0 Å². The molecule has 0 aliphatic rings. The van der Waals surface area contributed by atoms with Gasteiger partial charge in [0.15, 0.2) is 11.5 Å². The first-order valence-corrected chi connectivity index (χ1v) is 7.98. The second kappa shape index (κ2) is 6.77. The third-order valence-electron chi connectivity index (χ3n) is 3.96. The van der Waals surface area contributed by atoms with Crippen molar-refractivity contribution in [2.45, 2.75) is 20.8 Å². The smallest absolute Gasteiger partial charge is 0.172 e. The number of hydrogen-bond donors (Lipinski definition) is 2. The van der Waals surface area contributed by atoms with E-state index in [1.807, 2.05) is 39.0 Å². The molecule has 0 bridgehead atoms. The van der Waals surface area contributed by atoms with Crippen molar-refractivity contribution in [1.29, 1.82) is 0 Å². The molecule has 0 spiro atoms. The van der Waals surface area contributed by atoms with Crippen molar-refractivity contribution in [3.63, 3.8) is 0 Å². The van der Waals surface area contributed by atoms with E-state index in [-0.39, 0.29) is 11.5 Å². The average molecular weight is 336 g/mol. The van der Waals surface area contributed by atoms with E-state index in [4.69, 9.17) is 9.47 Å². The van der Waals surface area contributed by atoms with E-state index in [0.29, 0.717) is 23.0 Å². The zero-order chi connectivity index (χ0) is 18.0. The molecule has 0 aliphatic carbocycles. The molecule has 0 saturated carbocycles. The summed E-state index contributed by atoms with van der Waals surface area (Å²) < 4.78 is 12.0. The molecule has 3 aromatic rings. The van der Waals surface area contributed by atoms with Crippen molar-refractivity contribution in [1.82, 2.24) is 0 Å². The van der Waals surface area contributed by atoms with E-state index in [9.17, 15) is 10.2 Å². The summed E-state index contributed by atoms with van der Waals surface area (Å²) in [4.78, 5) is 0. The Balaban J connectivity index is 1.93. The molecular formula is C21H20O4. The third kappa shape index (κ3) is 3.69. The Bertz CT molecular complexity index is 916. The number of rotatable bonds is 4. The zero-order valence-electron chi connectivity index (χ0n) is 14.4. The van der Waals surface area contributed by atoms with Gasteiger partial charge in [0.05, 0.1) is 0 Å². The minimum atomic E-state index is 0.229. The molecule has 0 radical (unpaired) electrons. The van der Waals surface area contributed by atoms with Crippen LogP contribution in [0.4, 0.5) is 0 Å². The monoisotopic (exact) mass is 336 g/mol. The van der Waals surface area contributed by atoms with Crippen LogP contribution in [0.25, 0.3) is 0 Å². The topological polar surface area (TPSA) is 58.9 Å². The Kier molecular flexibility index (Phi) is 4.52. The normalized spacial score (nSPS) is 10.5. The van der Waals surface area contributed by atoms with Crippen LogP contribution in [0, 0.1) is 20.8 Å². The van der Waals surface area contributed by atoms with Gasteiger partial charge < -0.3 is 19.7 Å². The maximum absolute atomic E-state index is 9.66. The van der Waals surface area contributed by atoms with Crippen LogP contribution >= 0.6 is 0 Å². The summed E-state index contributed by atoms with van der Waals surface area (Å²) >= 11 is 0. The third-order valence-corrected chi connectivity index (χ3v) is 3.96. The number of para-hydroxylation sites is 1. The van der Waals surface area contributed by atoms with Gasteiger partial charge in [0.2, 0.25) is 0 Å². The number of benzene rings is 3. The molecule has 2 N–H and O–H groups in total. The van der Waals surface area contributed by atoms with Crippen molar-refractivity contribution in [3.8, 4) is 34.5 Å². The van der Waals surface area contributed by atoms with Gasteiger partial charge in [-0.2, -0.15) is 0 Å². The van der Waals surface area contributed by atoms with Crippen LogP contribution in [0.15, 0.2) is 54.6 Å². The lowest BCUT2D eigenvalue weighted by Crippen LogP contribution is -1.93. The lowest BCUT2D eigenvalue weighted by atomic mass is 10.2. The summed E-state index contributed by atoms with van der Waals surface area (Å²) in [5, 5.41) is 19.3. The van der Waals surface area contributed by atoms with E-state index in [1.165, 1.54) is 0 Å². The second-order valence-corrected chi connectivity index (χ2v) is 6.00. The Morgan fingerprint density at radius 3 is 1.76 bits per heavy atom. The summed E-state index contributed by atoms with van der Waals surface area (Å²) in [5.41, 5.74) is 2.41. The maximum Gasteiger partial charge on any atom is 0.172 e. The van der Waals surface area contributed by atoms with Gasteiger partial charge in [-0.3, -0.25) is 0 Å². The first-order chi connectivity index (χ1) is 11.9. The van der Waals surface area contributed by atoms with Gasteiger partial charge in [0.1, 0.15) is 23.0 Å².